The lowest BCUT2D eigenvalue weighted by Crippen LogP contribution is -2.02. The first kappa shape index (κ1) is 25.0. The van der Waals surface area contributed by atoms with Crippen molar-refractivity contribution in [1.82, 2.24) is 14.5 Å². The summed E-state index contributed by atoms with van der Waals surface area (Å²) in [6, 6.07) is 11.8. The summed E-state index contributed by atoms with van der Waals surface area (Å²) in [5.74, 6) is 1.11. The topological polar surface area (TPSA) is 132 Å². The summed E-state index contributed by atoms with van der Waals surface area (Å²) in [6.07, 6.45) is 1.96. The van der Waals surface area contributed by atoms with Crippen LogP contribution in [0.3, 0.4) is 0 Å². The van der Waals surface area contributed by atoms with Gasteiger partial charge in [-0.1, -0.05) is 0 Å². The maximum Gasteiger partial charge on any atom is 0.227 e. The van der Waals surface area contributed by atoms with Crippen LogP contribution < -0.4 is 14.9 Å². The molecule has 3 N–H and O–H groups in total. The van der Waals surface area contributed by atoms with Gasteiger partial charge in [0, 0.05) is 47.9 Å². The zero-order chi connectivity index (χ0) is 27.0. The van der Waals surface area contributed by atoms with Crippen molar-refractivity contribution >= 4 is 10.9 Å². The minimum atomic E-state index is -0.574. The van der Waals surface area contributed by atoms with Crippen molar-refractivity contribution in [3.05, 3.63) is 64.6 Å². The molecule has 0 spiro atoms. The van der Waals surface area contributed by atoms with Crippen LogP contribution in [0, 0.1) is 6.92 Å². The third kappa shape index (κ3) is 4.35. The van der Waals surface area contributed by atoms with E-state index in [-0.39, 0.29) is 17.3 Å². The Labute approximate surface area is 217 Å². The van der Waals surface area contributed by atoms with E-state index >= 15 is 0 Å². The Balaban J connectivity index is 1.79. The largest absolute Gasteiger partial charge is 0.504 e. The Hall–Kier alpha value is -4.70. The van der Waals surface area contributed by atoms with Crippen LogP contribution in [0.4, 0.5) is 0 Å². The highest BCUT2D eigenvalue weighted by atomic mass is 16.5. The van der Waals surface area contributed by atoms with Crippen LogP contribution >= 0.6 is 0 Å². The first-order chi connectivity index (χ1) is 18.3. The highest BCUT2D eigenvalue weighted by molar-refractivity contribution is 5.96. The number of rotatable bonds is 8. The Morgan fingerprint density at radius 2 is 1.87 bits per heavy atom. The molecule has 0 aliphatic carbocycles. The van der Waals surface area contributed by atoms with E-state index in [0.29, 0.717) is 47.4 Å². The number of nitrogens with one attached hydrogen (secondary N) is 1. The van der Waals surface area contributed by atoms with Crippen LogP contribution in [0.15, 0.2) is 57.9 Å². The van der Waals surface area contributed by atoms with Gasteiger partial charge >= 0.3 is 0 Å². The van der Waals surface area contributed by atoms with E-state index in [1.54, 1.807) is 33.3 Å². The summed E-state index contributed by atoms with van der Waals surface area (Å²) in [6.45, 7) is 2.75. The predicted molar refractivity (Wildman–Crippen MR) is 142 cm³/mol. The second-order valence-electron chi connectivity index (χ2n) is 8.71. The van der Waals surface area contributed by atoms with Gasteiger partial charge < -0.3 is 38.4 Å². The van der Waals surface area contributed by atoms with Crippen LogP contribution in [-0.2, 0) is 11.3 Å². The molecule has 3 heterocycles. The molecular weight excluding hydrogens is 490 g/mol. The minimum absolute atomic E-state index is 0.0354. The quantitative estimate of drug-likeness (QED) is 0.270. The molecule has 10 nitrogen and oxygen atoms in total. The van der Waals surface area contributed by atoms with Crippen molar-refractivity contribution < 1.29 is 28.8 Å². The monoisotopic (exact) mass is 517 g/mol. The maximum atomic E-state index is 12.4. The summed E-state index contributed by atoms with van der Waals surface area (Å²) >= 11 is 0. The number of imidazole rings is 1. The fourth-order valence-corrected chi connectivity index (χ4v) is 4.44. The number of aromatic amines is 1. The van der Waals surface area contributed by atoms with E-state index in [4.69, 9.17) is 23.6 Å². The molecule has 0 aliphatic heterocycles. The van der Waals surface area contributed by atoms with Crippen molar-refractivity contribution in [1.29, 1.82) is 0 Å². The minimum Gasteiger partial charge on any atom is -0.504 e. The molecule has 196 valence electrons. The first-order valence-corrected chi connectivity index (χ1v) is 11.8. The van der Waals surface area contributed by atoms with E-state index in [2.05, 4.69) is 9.55 Å². The third-order valence-corrected chi connectivity index (χ3v) is 6.31. The van der Waals surface area contributed by atoms with Crippen LogP contribution in [0.2, 0.25) is 0 Å². The molecule has 0 saturated carbocycles. The van der Waals surface area contributed by atoms with Crippen molar-refractivity contribution in [3.63, 3.8) is 0 Å². The van der Waals surface area contributed by atoms with Gasteiger partial charge in [0.25, 0.3) is 0 Å². The lowest BCUT2D eigenvalue weighted by Gasteiger charge is -2.08. The molecule has 0 atom stereocenters. The van der Waals surface area contributed by atoms with Gasteiger partial charge in [0.1, 0.15) is 28.7 Å². The molecule has 0 saturated heterocycles. The Morgan fingerprint density at radius 1 is 1.05 bits per heavy atom. The molecule has 2 aromatic carbocycles. The molecule has 5 rings (SSSR count). The highest BCUT2D eigenvalue weighted by Gasteiger charge is 2.24. The smallest absolute Gasteiger partial charge is 0.227 e. The molecule has 3 aromatic heterocycles. The predicted octanol–water partition coefficient (Wildman–Crippen LogP) is 4.70. The maximum absolute atomic E-state index is 12.4. The van der Waals surface area contributed by atoms with Gasteiger partial charge in [-0.2, -0.15) is 0 Å². The van der Waals surface area contributed by atoms with Crippen LogP contribution in [0.5, 0.6) is 23.0 Å². The Bertz CT molecular complexity index is 1700. The summed E-state index contributed by atoms with van der Waals surface area (Å²) < 4.78 is 23.9. The zero-order valence-corrected chi connectivity index (χ0v) is 21.4. The van der Waals surface area contributed by atoms with Gasteiger partial charge in [-0.05, 0) is 43.3 Å². The standard InChI is InChI=1S/C28H27N3O7/c1-15-11-22(33)26(34)27(38-15)25-24(16-5-8-21(32)23(12-16)37-4)29-28(30-25)19-14-31(9-10-35-2)20-7-6-17(36-3)13-18(19)20/h5-8,11-14,32,34H,9-10H2,1-4H3,(H,29,30). The van der Waals surface area contributed by atoms with Crippen molar-refractivity contribution in [2.75, 3.05) is 27.9 Å². The van der Waals surface area contributed by atoms with E-state index in [1.807, 2.05) is 24.4 Å². The summed E-state index contributed by atoms with van der Waals surface area (Å²) in [5.41, 5.74) is 2.41. The number of aromatic hydroxyl groups is 2. The zero-order valence-electron chi connectivity index (χ0n) is 21.4. The molecule has 0 amide bonds. The summed E-state index contributed by atoms with van der Waals surface area (Å²) in [4.78, 5) is 20.6. The molecule has 0 fully saturated rings. The van der Waals surface area contributed by atoms with Gasteiger partial charge in [-0.25, -0.2) is 4.98 Å². The molecule has 10 heteroatoms. The normalized spacial score (nSPS) is 11.3. The van der Waals surface area contributed by atoms with Crippen molar-refractivity contribution in [3.8, 4) is 57.1 Å². The van der Waals surface area contributed by atoms with Crippen LogP contribution in [-0.4, -0.2) is 52.7 Å². The number of methoxy groups -OCH3 is 3. The number of hydrogen-bond acceptors (Lipinski definition) is 8. The number of aromatic nitrogens is 3. The molecule has 0 bridgehead atoms. The summed E-state index contributed by atoms with van der Waals surface area (Å²) in [5, 5.41) is 21.7. The number of benzene rings is 2. The molecule has 0 unspecified atom stereocenters. The van der Waals surface area contributed by atoms with Gasteiger partial charge in [-0.3, -0.25) is 4.79 Å². The molecular formula is C28H27N3O7. The number of hydrogen-bond donors (Lipinski definition) is 3. The summed E-state index contributed by atoms with van der Waals surface area (Å²) in [7, 11) is 4.70. The van der Waals surface area contributed by atoms with Crippen molar-refractivity contribution in [2.24, 2.45) is 0 Å². The fourth-order valence-electron chi connectivity index (χ4n) is 4.44. The lowest BCUT2D eigenvalue weighted by atomic mass is 10.1. The third-order valence-electron chi connectivity index (χ3n) is 6.31. The van der Waals surface area contributed by atoms with Gasteiger partial charge in [0.05, 0.1) is 20.8 Å². The van der Waals surface area contributed by atoms with Gasteiger partial charge in [0.2, 0.25) is 11.2 Å². The number of aryl methyl sites for hydroxylation is 1. The number of phenols is 1. The average molecular weight is 518 g/mol. The number of phenolic OH excluding ortho intramolecular Hbond substituents is 1. The van der Waals surface area contributed by atoms with Gasteiger partial charge in [0.15, 0.2) is 17.3 Å². The number of H-pyrrole nitrogens is 1. The van der Waals surface area contributed by atoms with Crippen LogP contribution in [0.1, 0.15) is 5.76 Å². The van der Waals surface area contributed by atoms with Crippen LogP contribution in [0.25, 0.3) is 45.0 Å². The molecule has 5 aromatic rings. The molecule has 0 aliphatic rings. The lowest BCUT2D eigenvalue weighted by molar-refractivity contribution is 0.188. The molecule has 0 radical (unpaired) electrons. The van der Waals surface area contributed by atoms with Gasteiger partial charge in [-0.15, -0.1) is 0 Å². The van der Waals surface area contributed by atoms with E-state index in [0.717, 1.165) is 16.5 Å². The number of ether oxygens (including phenoxy) is 3. The average Bonchev–Trinajstić information content (AvgIpc) is 3.51. The second kappa shape index (κ2) is 9.98. The second-order valence-corrected chi connectivity index (χ2v) is 8.71. The van der Waals surface area contributed by atoms with E-state index in [9.17, 15) is 15.0 Å². The first-order valence-electron chi connectivity index (χ1n) is 11.8. The van der Waals surface area contributed by atoms with Crippen molar-refractivity contribution in [2.45, 2.75) is 13.5 Å². The van der Waals surface area contributed by atoms with E-state index in [1.165, 1.54) is 19.2 Å². The molecule has 38 heavy (non-hydrogen) atoms. The SMILES string of the molecule is COCCn1cc(-c2nc(-c3ccc(O)c(OC)c3)c(-c3oc(C)cc(=O)c3O)[nH]2)c2cc(OC)ccc21. The Morgan fingerprint density at radius 3 is 2.61 bits per heavy atom. The fraction of sp³-hybridized carbons (Fsp3) is 0.214. The number of nitrogens with zero attached hydrogens (tertiary/aromatic N) is 2. The number of fused-ring (bicyclic) bond motifs is 1. The van der Waals surface area contributed by atoms with E-state index < -0.39 is 11.2 Å². The Kier molecular flexibility index (Phi) is 6.56. The highest BCUT2D eigenvalue weighted by Crippen LogP contribution is 2.41.